The summed E-state index contributed by atoms with van der Waals surface area (Å²) >= 11 is 0. The molecule has 0 spiro atoms. The molecule has 1 aliphatic heterocycles. The number of amides is 1. The lowest BCUT2D eigenvalue weighted by molar-refractivity contribution is 0.0988. The van der Waals surface area contributed by atoms with Crippen LogP contribution in [0.25, 0.3) is 11.0 Å². The monoisotopic (exact) mass is 343 g/mol. The molecule has 2 aromatic heterocycles. The van der Waals surface area contributed by atoms with E-state index in [-0.39, 0.29) is 5.91 Å². The molecule has 1 amide bonds. The first-order valence-electron chi connectivity index (χ1n) is 8.61. The highest BCUT2D eigenvalue weighted by atomic mass is 16.2. The molecule has 26 heavy (non-hydrogen) atoms. The molecule has 0 N–H and O–H groups in total. The summed E-state index contributed by atoms with van der Waals surface area (Å²) in [5, 5.41) is 0. The van der Waals surface area contributed by atoms with E-state index in [1.165, 1.54) is 0 Å². The number of para-hydroxylation sites is 2. The van der Waals surface area contributed by atoms with Crippen LogP contribution < -0.4 is 4.90 Å². The average Bonchev–Trinajstić information content (AvgIpc) is 3.38. The smallest absolute Gasteiger partial charge is 0.260 e. The second kappa shape index (κ2) is 5.84. The van der Waals surface area contributed by atoms with Crippen LogP contribution in [0.4, 0.5) is 5.95 Å². The molecule has 0 unspecified atom stereocenters. The molecule has 1 aliphatic rings. The molecule has 4 aromatic rings. The Balaban J connectivity index is 1.41. The van der Waals surface area contributed by atoms with Crippen LogP contribution in [0.5, 0.6) is 0 Å². The van der Waals surface area contributed by atoms with Gasteiger partial charge >= 0.3 is 0 Å². The lowest BCUT2D eigenvalue weighted by Gasteiger charge is -2.14. The van der Waals surface area contributed by atoms with E-state index in [4.69, 9.17) is 0 Å². The fourth-order valence-corrected chi connectivity index (χ4v) is 3.48. The van der Waals surface area contributed by atoms with E-state index >= 15 is 0 Å². The zero-order chi connectivity index (χ0) is 17.5. The van der Waals surface area contributed by atoms with E-state index in [1.54, 1.807) is 17.4 Å². The third-order valence-electron chi connectivity index (χ3n) is 4.79. The number of benzene rings is 2. The van der Waals surface area contributed by atoms with E-state index in [0.29, 0.717) is 12.1 Å². The van der Waals surface area contributed by atoms with Gasteiger partial charge in [-0.3, -0.25) is 9.69 Å². The lowest BCUT2D eigenvalue weighted by Crippen LogP contribution is -2.29. The van der Waals surface area contributed by atoms with Gasteiger partial charge in [0.15, 0.2) is 0 Å². The summed E-state index contributed by atoms with van der Waals surface area (Å²) in [5.41, 5.74) is 3.82. The molecule has 6 heteroatoms. The molecular weight excluding hydrogens is 326 g/mol. The first kappa shape index (κ1) is 14.9. The summed E-state index contributed by atoms with van der Waals surface area (Å²) in [4.78, 5) is 23.4. The Labute approximate surface area is 150 Å². The van der Waals surface area contributed by atoms with E-state index < -0.39 is 0 Å². The van der Waals surface area contributed by atoms with Crippen LogP contribution >= 0.6 is 0 Å². The Hall–Kier alpha value is -3.41. The van der Waals surface area contributed by atoms with Crippen molar-refractivity contribution in [1.82, 2.24) is 19.1 Å². The summed E-state index contributed by atoms with van der Waals surface area (Å²) in [5.74, 6) is 0.729. The molecule has 0 fully saturated rings. The number of hydrogen-bond acceptors (Lipinski definition) is 3. The summed E-state index contributed by atoms with van der Waals surface area (Å²) in [6.07, 6.45) is 5.47. The summed E-state index contributed by atoms with van der Waals surface area (Å²) in [7, 11) is 0. The fraction of sp³-hybridized carbons (Fsp3) is 0.150. The van der Waals surface area contributed by atoms with Gasteiger partial charge in [0.05, 0.1) is 17.4 Å². The van der Waals surface area contributed by atoms with Crippen LogP contribution in [0.15, 0.2) is 67.3 Å². The predicted molar refractivity (Wildman–Crippen MR) is 99.2 cm³/mol. The molecule has 0 radical (unpaired) electrons. The summed E-state index contributed by atoms with van der Waals surface area (Å²) < 4.78 is 4.11. The SMILES string of the molecule is O=C(c1ccc(Cn2ccnc2)cc1)N1CCn2c1nc1ccccc12. The van der Waals surface area contributed by atoms with Crippen molar-refractivity contribution in [2.45, 2.75) is 13.1 Å². The molecule has 3 heterocycles. The highest BCUT2D eigenvalue weighted by Gasteiger charge is 2.28. The van der Waals surface area contributed by atoms with Crippen molar-refractivity contribution in [3.63, 3.8) is 0 Å². The standard InChI is InChI=1S/C20H17N5O/c26-19(16-7-5-15(6-8-16)13-23-10-9-21-14-23)25-12-11-24-18-4-2-1-3-17(18)22-20(24)25/h1-10,14H,11-13H2. The van der Waals surface area contributed by atoms with Gasteiger partial charge in [-0.05, 0) is 29.8 Å². The number of imidazole rings is 2. The molecule has 0 saturated heterocycles. The van der Waals surface area contributed by atoms with Gasteiger partial charge in [0.1, 0.15) is 0 Å². The van der Waals surface area contributed by atoms with Crippen molar-refractivity contribution in [2.75, 3.05) is 11.4 Å². The number of fused-ring (bicyclic) bond motifs is 3. The third kappa shape index (κ3) is 2.38. The average molecular weight is 343 g/mol. The maximum atomic E-state index is 13.0. The number of carbonyl (C=O) groups excluding carboxylic acids is 1. The number of hydrogen-bond donors (Lipinski definition) is 0. The Morgan fingerprint density at radius 2 is 1.88 bits per heavy atom. The van der Waals surface area contributed by atoms with Gasteiger partial charge in [-0.1, -0.05) is 24.3 Å². The van der Waals surface area contributed by atoms with Crippen LogP contribution in [-0.2, 0) is 13.1 Å². The molecule has 0 saturated carbocycles. The molecule has 5 rings (SSSR count). The van der Waals surface area contributed by atoms with Crippen molar-refractivity contribution in [1.29, 1.82) is 0 Å². The highest BCUT2D eigenvalue weighted by molar-refractivity contribution is 6.06. The Kier molecular flexibility index (Phi) is 3.35. The number of anilines is 1. The Morgan fingerprint density at radius 1 is 1.04 bits per heavy atom. The normalized spacial score (nSPS) is 13.3. The minimum absolute atomic E-state index is 0.00626. The molecule has 6 nitrogen and oxygen atoms in total. The second-order valence-electron chi connectivity index (χ2n) is 6.44. The van der Waals surface area contributed by atoms with E-state index in [1.807, 2.05) is 59.3 Å². The number of carbonyl (C=O) groups is 1. The highest BCUT2D eigenvalue weighted by Crippen LogP contribution is 2.28. The molecule has 0 atom stereocenters. The first-order chi connectivity index (χ1) is 12.8. The van der Waals surface area contributed by atoms with E-state index in [2.05, 4.69) is 14.5 Å². The minimum Gasteiger partial charge on any atom is -0.333 e. The van der Waals surface area contributed by atoms with Gasteiger partial charge in [0, 0.05) is 37.6 Å². The summed E-state index contributed by atoms with van der Waals surface area (Å²) in [6, 6.07) is 15.8. The molecule has 0 aliphatic carbocycles. The zero-order valence-electron chi connectivity index (χ0n) is 14.1. The van der Waals surface area contributed by atoms with Crippen molar-refractivity contribution >= 4 is 22.9 Å². The van der Waals surface area contributed by atoms with Crippen LogP contribution in [0.1, 0.15) is 15.9 Å². The maximum Gasteiger partial charge on any atom is 0.260 e. The van der Waals surface area contributed by atoms with Crippen LogP contribution in [0.2, 0.25) is 0 Å². The topological polar surface area (TPSA) is 56.0 Å². The van der Waals surface area contributed by atoms with Crippen molar-refractivity contribution in [3.05, 3.63) is 78.4 Å². The number of rotatable bonds is 3. The molecule has 128 valence electrons. The maximum absolute atomic E-state index is 13.0. The van der Waals surface area contributed by atoms with Crippen molar-refractivity contribution < 1.29 is 4.79 Å². The summed E-state index contributed by atoms with van der Waals surface area (Å²) in [6.45, 7) is 2.18. The van der Waals surface area contributed by atoms with Gasteiger partial charge in [-0.2, -0.15) is 0 Å². The minimum atomic E-state index is -0.00626. The fourth-order valence-electron chi connectivity index (χ4n) is 3.48. The lowest BCUT2D eigenvalue weighted by atomic mass is 10.1. The Morgan fingerprint density at radius 3 is 2.69 bits per heavy atom. The first-order valence-corrected chi connectivity index (χ1v) is 8.61. The van der Waals surface area contributed by atoms with Gasteiger partial charge < -0.3 is 9.13 Å². The van der Waals surface area contributed by atoms with Gasteiger partial charge in [-0.15, -0.1) is 0 Å². The van der Waals surface area contributed by atoms with Crippen molar-refractivity contribution in [2.24, 2.45) is 0 Å². The van der Waals surface area contributed by atoms with Gasteiger partial charge in [0.25, 0.3) is 5.91 Å². The molecular formula is C20H17N5O. The quantitative estimate of drug-likeness (QED) is 0.575. The van der Waals surface area contributed by atoms with E-state index in [0.717, 1.165) is 35.6 Å². The third-order valence-corrected chi connectivity index (χ3v) is 4.79. The van der Waals surface area contributed by atoms with Crippen LogP contribution in [0.3, 0.4) is 0 Å². The largest absolute Gasteiger partial charge is 0.333 e. The van der Waals surface area contributed by atoms with E-state index in [9.17, 15) is 4.79 Å². The second-order valence-corrected chi connectivity index (χ2v) is 6.44. The zero-order valence-corrected chi connectivity index (χ0v) is 14.1. The van der Waals surface area contributed by atoms with Crippen LogP contribution in [0, 0.1) is 0 Å². The molecule has 2 aromatic carbocycles. The number of aromatic nitrogens is 4. The van der Waals surface area contributed by atoms with Crippen LogP contribution in [-0.4, -0.2) is 31.6 Å². The predicted octanol–water partition coefficient (Wildman–Crippen LogP) is 2.94. The Bertz CT molecular complexity index is 1080. The van der Waals surface area contributed by atoms with Gasteiger partial charge in [-0.25, -0.2) is 9.97 Å². The number of nitrogens with zero attached hydrogens (tertiary/aromatic N) is 5. The molecule has 0 bridgehead atoms. The van der Waals surface area contributed by atoms with Gasteiger partial charge in [0.2, 0.25) is 5.95 Å². The van der Waals surface area contributed by atoms with Crippen molar-refractivity contribution in [3.8, 4) is 0 Å².